The molecule has 0 aromatic heterocycles. The van der Waals surface area contributed by atoms with E-state index in [-0.39, 0.29) is 0 Å². The first-order valence-electron chi connectivity index (χ1n) is 7.26. The van der Waals surface area contributed by atoms with E-state index in [0.29, 0.717) is 6.61 Å². The summed E-state index contributed by atoms with van der Waals surface area (Å²) in [6.45, 7) is 6.72. The van der Waals surface area contributed by atoms with E-state index in [9.17, 15) is 0 Å². The summed E-state index contributed by atoms with van der Waals surface area (Å²) in [7, 11) is 0. The summed E-state index contributed by atoms with van der Waals surface area (Å²) in [4.78, 5) is 0. The number of rotatable bonds is 7. The van der Waals surface area contributed by atoms with Crippen LogP contribution in [0.15, 0.2) is 48.5 Å². The molecule has 0 aliphatic rings. The monoisotopic (exact) mass is 269 g/mol. The highest BCUT2D eigenvalue weighted by molar-refractivity contribution is 5.28. The van der Waals surface area contributed by atoms with Crippen LogP contribution < -0.4 is 10.1 Å². The molecule has 2 rings (SSSR count). The molecule has 0 saturated carbocycles. The lowest BCUT2D eigenvalue weighted by molar-refractivity contribution is 0.313. The van der Waals surface area contributed by atoms with Crippen molar-refractivity contribution in [1.29, 1.82) is 0 Å². The molecule has 1 N–H and O–H groups in total. The zero-order valence-electron chi connectivity index (χ0n) is 12.4. The van der Waals surface area contributed by atoms with Crippen molar-refractivity contribution in [1.82, 2.24) is 5.32 Å². The summed E-state index contributed by atoms with van der Waals surface area (Å²) in [5.74, 6) is 0.945. The Balaban J connectivity index is 1.71. The van der Waals surface area contributed by atoms with E-state index in [1.54, 1.807) is 0 Å². The zero-order valence-corrected chi connectivity index (χ0v) is 12.4. The molecule has 0 unspecified atom stereocenters. The van der Waals surface area contributed by atoms with Gasteiger partial charge in [-0.15, -0.1) is 0 Å². The molecular weight excluding hydrogens is 246 g/mol. The minimum Gasteiger partial charge on any atom is -0.492 e. The van der Waals surface area contributed by atoms with E-state index in [4.69, 9.17) is 4.74 Å². The normalized spacial score (nSPS) is 10.5. The lowest BCUT2D eigenvalue weighted by Crippen LogP contribution is -2.21. The third kappa shape index (κ3) is 4.39. The van der Waals surface area contributed by atoms with Crippen LogP contribution in [0, 0.1) is 6.92 Å². The maximum atomic E-state index is 5.72. The van der Waals surface area contributed by atoms with Crippen molar-refractivity contribution < 1.29 is 4.74 Å². The number of benzene rings is 2. The Labute approximate surface area is 121 Å². The first kappa shape index (κ1) is 14.6. The van der Waals surface area contributed by atoms with Crippen LogP contribution in [0.1, 0.15) is 23.6 Å². The quantitative estimate of drug-likeness (QED) is 0.773. The Bertz CT molecular complexity index is 536. The molecule has 0 amide bonds. The van der Waals surface area contributed by atoms with E-state index in [2.05, 4.69) is 55.6 Å². The summed E-state index contributed by atoms with van der Waals surface area (Å²) >= 11 is 0. The van der Waals surface area contributed by atoms with Gasteiger partial charge in [0, 0.05) is 13.1 Å². The highest BCUT2D eigenvalue weighted by Crippen LogP contribution is 2.12. The van der Waals surface area contributed by atoms with E-state index >= 15 is 0 Å². The van der Waals surface area contributed by atoms with Gasteiger partial charge in [-0.2, -0.15) is 0 Å². The van der Waals surface area contributed by atoms with Crippen LogP contribution >= 0.6 is 0 Å². The van der Waals surface area contributed by atoms with E-state index in [1.807, 2.05) is 12.1 Å². The van der Waals surface area contributed by atoms with Gasteiger partial charge in [0.25, 0.3) is 0 Å². The first-order chi connectivity index (χ1) is 9.79. The van der Waals surface area contributed by atoms with E-state index in [0.717, 1.165) is 25.3 Å². The Hall–Kier alpha value is -1.80. The fourth-order valence-corrected chi connectivity index (χ4v) is 2.24. The Kier molecular flexibility index (Phi) is 5.63. The second kappa shape index (κ2) is 7.71. The van der Waals surface area contributed by atoms with Crippen molar-refractivity contribution in [2.24, 2.45) is 0 Å². The van der Waals surface area contributed by atoms with Crippen molar-refractivity contribution >= 4 is 0 Å². The molecule has 20 heavy (non-hydrogen) atoms. The van der Waals surface area contributed by atoms with Crippen molar-refractivity contribution in [3.05, 3.63) is 65.2 Å². The van der Waals surface area contributed by atoms with Gasteiger partial charge in [0.05, 0.1) is 0 Å². The van der Waals surface area contributed by atoms with Gasteiger partial charge in [-0.1, -0.05) is 43.3 Å². The van der Waals surface area contributed by atoms with Gasteiger partial charge in [0.2, 0.25) is 0 Å². The van der Waals surface area contributed by atoms with Gasteiger partial charge in [0.1, 0.15) is 12.4 Å². The molecule has 0 heterocycles. The Morgan fingerprint density at radius 2 is 1.80 bits per heavy atom. The van der Waals surface area contributed by atoms with Crippen molar-refractivity contribution in [3.63, 3.8) is 0 Å². The molecule has 2 nitrogen and oxygen atoms in total. The van der Waals surface area contributed by atoms with Crippen LogP contribution in [0.25, 0.3) is 0 Å². The molecule has 2 heteroatoms. The average molecular weight is 269 g/mol. The van der Waals surface area contributed by atoms with Gasteiger partial charge in [-0.05, 0) is 42.2 Å². The lowest BCUT2D eigenvalue weighted by atomic mass is 10.1. The molecule has 0 saturated heterocycles. The third-order valence-electron chi connectivity index (χ3n) is 3.35. The number of nitrogens with one attached hydrogen (secondary N) is 1. The Morgan fingerprint density at radius 3 is 2.55 bits per heavy atom. The van der Waals surface area contributed by atoms with Crippen LogP contribution in [-0.4, -0.2) is 13.2 Å². The van der Waals surface area contributed by atoms with Crippen LogP contribution in [0.4, 0.5) is 0 Å². The molecule has 0 bridgehead atoms. The second-order valence-electron chi connectivity index (χ2n) is 4.96. The molecule has 0 aliphatic carbocycles. The summed E-state index contributed by atoms with van der Waals surface area (Å²) in [5, 5.41) is 3.44. The minimum atomic E-state index is 0.692. The third-order valence-corrected chi connectivity index (χ3v) is 3.35. The van der Waals surface area contributed by atoms with Crippen LogP contribution in [0.2, 0.25) is 0 Å². The smallest absolute Gasteiger partial charge is 0.119 e. The zero-order chi connectivity index (χ0) is 14.2. The molecule has 0 spiro atoms. The molecule has 0 aliphatic heterocycles. The molecule has 2 aromatic rings. The molecule has 0 radical (unpaired) electrons. The maximum absolute atomic E-state index is 5.72. The van der Waals surface area contributed by atoms with Crippen molar-refractivity contribution in [2.45, 2.75) is 26.8 Å². The summed E-state index contributed by atoms with van der Waals surface area (Å²) in [6, 6.07) is 16.7. The second-order valence-corrected chi connectivity index (χ2v) is 4.96. The Morgan fingerprint density at radius 1 is 1.00 bits per heavy atom. The fourth-order valence-electron chi connectivity index (χ4n) is 2.24. The van der Waals surface area contributed by atoms with Gasteiger partial charge < -0.3 is 10.1 Å². The molecule has 106 valence electrons. The van der Waals surface area contributed by atoms with Crippen LogP contribution in [0.5, 0.6) is 5.75 Å². The predicted molar refractivity (Wildman–Crippen MR) is 84.2 cm³/mol. The average Bonchev–Trinajstić information content (AvgIpc) is 2.47. The van der Waals surface area contributed by atoms with E-state index < -0.39 is 0 Å². The molecule has 0 atom stereocenters. The highest BCUT2D eigenvalue weighted by Gasteiger charge is 1.99. The van der Waals surface area contributed by atoms with Crippen molar-refractivity contribution in [3.8, 4) is 5.75 Å². The van der Waals surface area contributed by atoms with Gasteiger partial charge in [0.15, 0.2) is 0 Å². The molecular formula is C18H23NO. The topological polar surface area (TPSA) is 21.3 Å². The summed E-state index contributed by atoms with van der Waals surface area (Å²) < 4.78 is 5.72. The number of hydrogen-bond donors (Lipinski definition) is 1. The molecule has 2 aromatic carbocycles. The first-order valence-corrected chi connectivity index (χ1v) is 7.26. The predicted octanol–water partition coefficient (Wildman–Crippen LogP) is 3.73. The standard InChI is InChI=1S/C18H23NO/c1-3-16-8-4-5-9-17(16)14-19-11-12-20-18-10-6-7-15(2)13-18/h4-10,13,19H,3,11-12,14H2,1-2H3. The number of hydrogen-bond acceptors (Lipinski definition) is 2. The van der Waals surface area contributed by atoms with Crippen molar-refractivity contribution in [2.75, 3.05) is 13.2 Å². The van der Waals surface area contributed by atoms with Gasteiger partial charge in [-0.25, -0.2) is 0 Å². The highest BCUT2D eigenvalue weighted by atomic mass is 16.5. The maximum Gasteiger partial charge on any atom is 0.119 e. The molecule has 0 fully saturated rings. The minimum absolute atomic E-state index is 0.692. The number of aryl methyl sites for hydroxylation is 2. The van der Waals surface area contributed by atoms with E-state index in [1.165, 1.54) is 16.7 Å². The summed E-state index contributed by atoms with van der Waals surface area (Å²) in [6.07, 6.45) is 1.08. The van der Waals surface area contributed by atoms with Gasteiger partial charge >= 0.3 is 0 Å². The largest absolute Gasteiger partial charge is 0.492 e. The summed E-state index contributed by atoms with van der Waals surface area (Å²) in [5.41, 5.74) is 4.03. The number of ether oxygens (including phenoxy) is 1. The fraction of sp³-hybridized carbons (Fsp3) is 0.333. The SMILES string of the molecule is CCc1ccccc1CNCCOc1cccc(C)c1. The van der Waals surface area contributed by atoms with Gasteiger partial charge in [-0.3, -0.25) is 0 Å². The lowest BCUT2D eigenvalue weighted by Gasteiger charge is -2.10. The van der Waals surface area contributed by atoms with Crippen LogP contribution in [0.3, 0.4) is 0 Å². The van der Waals surface area contributed by atoms with Crippen LogP contribution in [-0.2, 0) is 13.0 Å².